The Kier molecular flexibility index (Phi) is 8.20. The van der Waals surface area contributed by atoms with E-state index in [1.54, 1.807) is 20.8 Å². The monoisotopic (exact) mass is 489 g/mol. The van der Waals surface area contributed by atoms with Crippen LogP contribution in [0.1, 0.15) is 59.6 Å². The van der Waals surface area contributed by atoms with Crippen molar-refractivity contribution in [2.45, 2.75) is 65.4 Å². The molecule has 0 aliphatic carbocycles. The number of sulfonamides is 1. The average molecular weight is 490 g/mol. The standard InChI is InChI=1S/C25H35N3O5S/c1-6-28-18(4)22(25(30)33-7-2)23(19(28)5)34(31,32)27-13-9-12-21(16-27)24(29)26-15-20-11-8-10-17(3)14-20/h8,10-11,14,21H,6-7,9,12-13,15-16H2,1-5H3,(H,26,29). The van der Waals surface area contributed by atoms with Crippen molar-refractivity contribution in [3.05, 3.63) is 52.3 Å². The smallest absolute Gasteiger partial charge is 0.341 e. The summed E-state index contributed by atoms with van der Waals surface area (Å²) in [7, 11) is -4.01. The van der Waals surface area contributed by atoms with Gasteiger partial charge in [-0.3, -0.25) is 4.79 Å². The first-order valence-electron chi connectivity index (χ1n) is 11.8. The average Bonchev–Trinajstić information content (AvgIpc) is 3.07. The van der Waals surface area contributed by atoms with Gasteiger partial charge in [-0.15, -0.1) is 0 Å². The van der Waals surface area contributed by atoms with Crippen LogP contribution in [0.15, 0.2) is 29.2 Å². The van der Waals surface area contributed by atoms with Gasteiger partial charge in [-0.25, -0.2) is 13.2 Å². The van der Waals surface area contributed by atoms with Crippen LogP contribution >= 0.6 is 0 Å². The van der Waals surface area contributed by atoms with Crippen LogP contribution in [0, 0.1) is 26.7 Å². The second-order valence-corrected chi connectivity index (χ2v) is 10.6. The first-order chi connectivity index (χ1) is 16.1. The van der Waals surface area contributed by atoms with E-state index < -0.39 is 21.9 Å². The Balaban J connectivity index is 1.84. The fourth-order valence-corrected chi connectivity index (χ4v) is 6.72. The fraction of sp³-hybridized carbons (Fsp3) is 0.520. The normalized spacial score (nSPS) is 16.9. The van der Waals surface area contributed by atoms with Crippen molar-refractivity contribution in [3.63, 3.8) is 0 Å². The van der Waals surface area contributed by atoms with E-state index in [0.717, 1.165) is 11.1 Å². The van der Waals surface area contributed by atoms with Gasteiger partial charge in [0.2, 0.25) is 15.9 Å². The summed E-state index contributed by atoms with van der Waals surface area (Å²) in [6, 6.07) is 7.90. The molecule has 34 heavy (non-hydrogen) atoms. The van der Waals surface area contributed by atoms with Crippen LogP contribution < -0.4 is 5.32 Å². The molecule has 0 spiro atoms. The number of nitrogens with one attached hydrogen (secondary N) is 1. The predicted octanol–water partition coefficient (Wildman–Crippen LogP) is 3.33. The van der Waals surface area contributed by atoms with Crippen LogP contribution in [0.4, 0.5) is 0 Å². The number of carbonyl (C=O) groups is 2. The largest absolute Gasteiger partial charge is 0.462 e. The molecule has 1 aliphatic heterocycles. The highest BCUT2D eigenvalue weighted by Gasteiger charge is 2.39. The summed E-state index contributed by atoms with van der Waals surface area (Å²) >= 11 is 0. The van der Waals surface area contributed by atoms with Gasteiger partial charge in [0.15, 0.2) is 0 Å². The van der Waals surface area contributed by atoms with Crippen molar-refractivity contribution >= 4 is 21.9 Å². The van der Waals surface area contributed by atoms with Crippen LogP contribution in [0.5, 0.6) is 0 Å². The number of nitrogens with zero attached hydrogens (tertiary/aromatic N) is 2. The Morgan fingerprint density at radius 3 is 2.53 bits per heavy atom. The minimum absolute atomic E-state index is 0.00822. The quantitative estimate of drug-likeness (QED) is 0.574. The van der Waals surface area contributed by atoms with Crippen molar-refractivity contribution in [2.24, 2.45) is 5.92 Å². The van der Waals surface area contributed by atoms with Gasteiger partial charge in [-0.05, 0) is 53.0 Å². The molecule has 3 rings (SSSR count). The van der Waals surface area contributed by atoms with Crippen LogP contribution in [0.3, 0.4) is 0 Å². The Labute approximate surface area is 202 Å². The summed E-state index contributed by atoms with van der Waals surface area (Å²) in [5.74, 6) is -1.25. The zero-order valence-electron chi connectivity index (χ0n) is 20.7. The zero-order chi connectivity index (χ0) is 25.0. The maximum absolute atomic E-state index is 13.8. The van der Waals surface area contributed by atoms with Crippen molar-refractivity contribution in [3.8, 4) is 0 Å². The summed E-state index contributed by atoms with van der Waals surface area (Å²) in [6.07, 6.45) is 1.19. The molecule has 1 aliphatic rings. The number of aromatic nitrogens is 1. The molecule has 1 fully saturated rings. The van der Waals surface area contributed by atoms with Gasteiger partial charge in [0.05, 0.1) is 12.5 Å². The molecular weight excluding hydrogens is 454 g/mol. The fourth-order valence-electron chi connectivity index (χ4n) is 4.75. The zero-order valence-corrected chi connectivity index (χ0v) is 21.5. The first-order valence-corrected chi connectivity index (χ1v) is 13.3. The van der Waals surface area contributed by atoms with Crippen LogP contribution in [0.2, 0.25) is 0 Å². The molecule has 9 heteroatoms. The maximum atomic E-state index is 13.8. The van der Waals surface area contributed by atoms with E-state index in [1.807, 2.05) is 42.7 Å². The van der Waals surface area contributed by atoms with Gasteiger partial charge in [-0.1, -0.05) is 29.8 Å². The lowest BCUT2D eigenvalue weighted by Gasteiger charge is -2.31. The number of ether oxygens (including phenoxy) is 1. The molecule has 2 aromatic rings. The van der Waals surface area contributed by atoms with Crippen molar-refractivity contribution in [1.29, 1.82) is 0 Å². The number of amides is 1. The van der Waals surface area contributed by atoms with Gasteiger partial charge in [0.1, 0.15) is 10.5 Å². The number of esters is 1. The lowest BCUT2D eigenvalue weighted by Crippen LogP contribution is -2.45. The maximum Gasteiger partial charge on any atom is 0.341 e. The number of rotatable bonds is 8. The highest BCUT2D eigenvalue weighted by Crippen LogP contribution is 2.32. The number of hydrogen-bond acceptors (Lipinski definition) is 5. The predicted molar refractivity (Wildman–Crippen MR) is 130 cm³/mol. The van der Waals surface area contributed by atoms with E-state index in [1.165, 1.54) is 4.31 Å². The molecule has 8 nitrogen and oxygen atoms in total. The van der Waals surface area contributed by atoms with Crippen LogP contribution in [-0.2, 0) is 32.6 Å². The molecule has 0 bridgehead atoms. The Hall–Kier alpha value is -2.65. The van der Waals surface area contributed by atoms with Crippen LogP contribution in [0.25, 0.3) is 0 Å². The van der Waals surface area contributed by atoms with E-state index >= 15 is 0 Å². The van der Waals surface area contributed by atoms with E-state index in [2.05, 4.69) is 5.32 Å². The summed E-state index contributed by atoms with van der Waals surface area (Å²) < 4.78 is 35.9. The lowest BCUT2D eigenvalue weighted by molar-refractivity contribution is -0.126. The van der Waals surface area contributed by atoms with E-state index in [-0.39, 0.29) is 29.5 Å². The highest BCUT2D eigenvalue weighted by molar-refractivity contribution is 7.89. The van der Waals surface area contributed by atoms with Crippen molar-refractivity contribution in [1.82, 2.24) is 14.2 Å². The number of aryl methyl sites for hydroxylation is 1. The molecule has 1 N–H and O–H groups in total. The molecule has 1 saturated heterocycles. The van der Waals surface area contributed by atoms with Gasteiger partial charge < -0.3 is 14.6 Å². The third-order valence-corrected chi connectivity index (χ3v) is 8.45. The highest BCUT2D eigenvalue weighted by atomic mass is 32.2. The SMILES string of the molecule is CCOC(=O)c1c(S(=O)(=O)N2CCCC(C(=O)NCc3cccc(C)c3)C2)c(C)n(CC)c1C. The van der Waals surface area contributed by atoms with Gasteiger partial charge in [-0.2, -0.15) is 4.31 Å². The molecule has 186 valence electrons. The first kappa shape index (κ1) is 26.0. The summed E-state index contributed by atoms with van der Waals surface area (Å²) in [6.45, 7) is 10.5. The third kappa shape index (κ3) is 5.20. The van der Waals surface area contributed by atoms with Gasteiger partial charge in [0.25, 0.3) is 0 Å². The molecule has 1 amide bonds. The number of hydrogen-bond donors (Lipinski definition) is 1. The molecule has 1 unspecified atom stereocenters. The topological polar surface area (TPSA) is 97.7 Å². The van der Waals surface area contributed by atoms with E-state index in [4.69, 9.17) is 4.74 Å². The Bertz CT molecular complexity index is 1170. The van der Waals surface area contributed by atoms with E-state index in [9.17, 15) is 18.0 Å². The molecule has 0 saturated carbocycles. The Morgan fingerprint density at radius 2 is 1.88 bits per heavy atom. The van der Waals surface area contributed by atoms with Gasteiger partial charge in [0, 0.05) is 37.6 Å². The molecule has 2 heterocycles. The molecule has 0 radical (unpaired) electrons. The molecular formula is C25H35N3O5S. The summed E-state index contributed by atoms with van der Waals surface area (Å²) in [5, 5.41) is 2.95. The molecule has 1 aromatic carbocycles. The second kappa shape index (κ2) is 10.7. The summed E-state index contributed by atoms with van der Waals surface area (Å²) in [4.78, 5) is 25.6. The second-order valence-electron chi connectivity index (χ2n) is 8.75. The van der Waals surface area contributed by atoms with Crippen LogP contribution in [-0.4, -0.2) is 48.9 Å². The molecule has 1 aromatic heterocycles. The van der Waals surface area contributed by atoms with E-state index in [0.29, 0.717) is 43.9 Å². The Morgan fingerprint density at radius 1 is 1.15 bits per heavy atom. The summed E-state index contributed by atoms with van der Waals surface area (Å²) in [5.41, 5.74) is 3.28. The van der Waals surface area contributed by atoms with Crippen molar-refractivity contribution < 1.29 is 22.7 Å². The minimum atomic E-state index is -4.01. The van der Waals surface area contributed by atoms with Gasteiger partial charge >= 0.3 is 5.97 Å². The molecule has 1 atom stereocenters. The number of carbonyl (C=O) groups excluding carboxylic acids is 2. The number of piperidine rings is 1. The minimum Gasteiger partial charge on any atom is -0.462 e. The lowest BCUT2D eigenvalue weighted by atomic mass is 9.98. The third-order valence-electron chi connectivity index (χ3n) is 6.43. The number of benzene rings is 1. The van der Waals surface area contributed by atoms with Crippen molar-refractivity contribution in [2.75, 3.05) is 19.7 Å².